The summed E-state index contributed by atoms with van der Waals surface area (Å²) in [5.41, 5.74) is 4.58. The van der Waals surface area contributed by atoms with Gasteiger partial charge in [0.05, 0.1) is 18.4 Å². The van der Waals surface area contributed by atoms with Crippen molar-refractivity contribution in [2.75, 3.05) is 18.4 Å². The van der Waals surface area contributed by atoms with Gasteiger partial charge in [-0.15, -0.1) is 0 Å². The van der Waals surface area contributed by atoms with Gasteiger partial charge < -0.3 is 15.0 Å². The molecule has 2 aromatic rings. The topological polar surface area (TPSA) is 75.7 Å². The average molecular weight is 404 g/mol. The lowest BCUT2D eigenvalue weighted by Crippen LogP contribution is -2.52. The van der Waals surface area contributed by atoms with Crippen molar-refractivity contribution in [3.8, 4) is 5.75 Å². The van der Waals surface area contributed by atoms with Crippen LogP contribution in [0, 0.1) is 13.8 Å². The van der Waals surface area contributed by atoms with Crippen molar-refractivity contribution < 1.29 is 19.1 Å². The van der Waals surface area contributed by atoms with E-state index in [0.717, 1.165) is 22.4 Å². The van der Waals surface area contributed by atoms with Crippen molar-refractivity contribution in [2.24, 2.45) is 0 Å². The van der Waals surface area contributed by atoms with Crippen molar-refractivity contribution in [3.05, 3.63) is 58.1 Å². The standard InChI is InChI=1S/C24H24N2O4/c1-14-9-18-20(27)13-24(30-21(18)10-15(14)2)5-7-26(8-6-24)23(29)16-3-4-19-17(11-16)12-22(28)25-19/h3-4,9-11H,5-8,12-13H2,1-2H3,(H,25,28). The number of carbonyl (C=O) groups is 3. The molecule has 2 amide bonds. The van der Waals surface area contributed by atoms with Crippen molar-refractivity contribution >= 4 is 23.3 Å². The first kappa shape index (κ1) is 18.9. The highest BCUT2D eigenvalue weighted by Gasteiger charge is 2.44. The fraction of sp³-hybridized carbons (Fsp3) is 0.375. The number of ketones is 1. The molecule has 1 fully saturated rings. The van der Waals surface area contributed by atoms with Gasteiger partial charge in [0.1, 0.15) is 11.4 Å². The van der Waals surface area contributed by atoms with Crippen LogP contribution in [0.1, 0.15) is 56.7 Å². The van der Waals surface area contributed by atoms with Crippen LogP contribution >= 0.6 is 0 Å². The van der Waals surface area contributed by atoms with E-state index in [4.69, 9.17) is 4.74 Å². The molecule has 0 atom stereocenters. The number of likely N-dealkylation sites (tertiary alicyclic amines) is 1. The maximum atomic E-state index is 13.0. The molecule has 30 heavy (non-hydrogen) atoms. The van der Waals surface area contributed by atoms with E-state index < -0.39 is 5.60 Å². The highest BCUT2D eigenvalue weighted by atomic mass is 16.5. The number of carbonyl (C=O) groups excluding carboxylic acids is 3. The van der Waals surface area contributed by atoms with Crippen molar-refractivity contribution in [1.29, 1.82) is 0 Å². The first-order chi connectivity index (χ1) is 14.3. The zero-order valence-electron chi connectivity index (χ0n) is 17.2. The molecule has 0 aromatic heterocycles. The van der Waals surface area contributed by atoms with Crippen LogP contribution in [-0.4, -0.2) is 41.2 Å². The normalized spacial score (nSPS) is 19.2. The number of Topliss-reactive ketones (excluding diaryl/α,β-unsaturated/α-hetero) is 1. The van der Waals surface area contributed by atoms with Crippen molar-refractivity contribution in [1.82, 2.24) is 4.90 Å². The molecular formula is C24H24N2O4. The molecule has 1 spiro atoms. The highest BCUT2D eigenvalue weighted by molar-refractivity contribution is 6.02. The lowest BCUT2D eigenvalue weighted by atomic mass is 9.81. The summed E-state index contributed by atoms with van der Waals surface area (Å²) >= 11 is 0. The molecule has 6 nitrogen and oxygen atoms in total. The lowest BCUT2D eigenvalue weighted by Gasteiger charge is -2.44. The number of aryl methyl sites for hydroxylation is 2. The van der Waals surface area contributed by atoms with Crippen LogP contribution in [0.4, 0.5) is 5.69 Å². The maximum Gasteiger partial charge on any atom is 0.253 e. The molecule has 1 saturated heterocycles. The van der Waals surface area contributed by atoms with Crippen molar-refractivity contribution in [3.63, 3.8) is 0 Å². The van der Waals surface area contributed by atoms with E-state index >= 15 is 0 Å². The van der Waals surface area contributed by atoms with E-state index in [-0.39, 0.29) is 17.6 Å². The summed E-state index contributed by atoms with van der Waals surface area (Å²) in [5.74, 6) is 0.708. The molecule has 6 heteroatoms. The minimum atomic E-state index is -0.531. The molecule has 0 aliphatic carbocycles. The van der Waals surface area contributed by atoms with Crippen LogP contribution in [0.2, 0.25) is 0 Å². The lowest BCUT2D eigenvalue weighted by molar-refractivity contribution is -0.115. The third-order valence-corrected chi connectivity index (χ3v) is 6.64. The third-order valence-electron chi connectivity index (χ3n) is 6.64. The molecule has 1 N–H and O–H groups in total. The Hall–Kier alpha value is -3.15. The smallest absolute Gasteiger partial charge is 0.253 e. The van der Waals surface area contributed by atoms with Gasteiger partial charge in [-0.05, 0) is 60.9 Å². The zero-order valence-corrected chi connectivity index (χ0v) is 17.2. The first-order valence-electron chi connectivity index (χ1n) is 10.4. The summed E-state index contributed by atoms with van der Waals surface area (Å²) in [7, 11) is 0. The molecule has 3 heterocycles. The Morgan fingerprint density at radius 3 is 2.57 bits per heavy atom. The van der Waals surface area contributed by atoms with Gasteiger partial charge >= 0.3 is 0 Å². The predicted octanol–water partition coefficient (Wildman–Crippen LogP) is 3.44. The van der Waals surface area contributed by atoms with Gasteiger partial charge in [0.15, 0.2) is 5.78 Å². The quantitative estimate of drug-likeness (QED) is 0.790. The first-order valence-corrected chi connectivity index (χ1v) is 10.4. The summed E-state index contributed by atoms with van der Waals surface area (Å²) in [4.78, 5) is 39.2. The minimum absolute atomic E-state index is 0.0407. The second-order valence-electron chi connectivity index (χ2n) is 8.71. The number of benzene rings is 2. The Morgan fingerprint density at radius 1 is 1.07 bits per heavy atom. The van der Waals surface area contributed by atoms with E-state index in [1.54, 1.807) is 12.1 Å². The van der Waals surface area contributed by atoms with Crippen LogP contribution in [0.5, 0.6) is 5.75 Å². The van der Waals surface area contributed by atoms with Gasteiger partial charge in [-0.1, -0.05) is 0 Å². The molecule has 3 aliphatic rings. The zero-order chi connectivity index (χ0) is 21.0. The summed E-state index contributed by atoms with van der Waals surface area (Å²) in [6.45, 7) is 5.11. The highest BCUT2D eigenvalue weighted by Crippen LogP contribution is 2.40. The fourth-order valence-corrected chi connectivity index (χ4v) is 4.69. The maximum absolute atomic E-state index is 13.0. The Kier molecular flexibility index (Phi) is 4.20. The predicted molar refractivity (Wildman–Crippen MR) is 112 cm³/mol. The number of amides is 2. The van der Waals surface area contributed by atoms with Crippen LogP contribution < -0.4 is 10.1 Å². The average Bonchev–Trinajstić information content (AvgIpc) is 3.09. The van der Waals surface area contributed by atoms with E-state index in [0.29, 0.717) is 55.6 Å². The summed E-state index contributed by atoms with van der Waals surface area (Å²) < 4.78 is 6.37. The van der Waals surface area contributed by atoms with Gasteiger partial charge in [0, 0.05) is 37.2 Å². The monoisotopic (exact) mass is 404 g/mol. The van der Waals surface area contributed by atoms with Crippen LogP contribution in [0.3, 0.4) is 0 Å². The SMILES string of the molecule is Cc1cc2c(cc1C)C(=O)CC1(CCN(C(=O)c3ccc4c(c3)CC(=O)N4)CC1)O2. The van der Waals surface area contributed by atoms with Gasteiger partial charge in [0.25, 0.3) is 5.91 Å². The second-order valence-corrected chi connectivity index (χ2v) is 8.71. The summed E-state index contributed by atoms with van der Waals surface area (Å²) in [6.07, 6.45) is 1.93. The number of hydrogen-bond donors (Lipinski definition) is 1. The molecule has 5 rings (SSSR count). The van der Waals surface area contributed by atoms with Gasteiger partial charge in [0.2, 0.25) is 5.91 Å². The Labute approximate surface area is 175 Å². The molecule has 0 unspecified atom stereocenters. The Bertz CT molecular complexity index is 1100. The number of fused-ring (bicyclic) bond motifs is 2. The number of anilines is 1. The summed E-state index contributed by atoms with van der Waals surface area (Å²) in [5, 5.41) is 2.79. The van der Waals surface area contributed by atoms with Gasteiger partial charge in [-0.25, -0.2) is 0 Å². The number of nitrogens with zero attached hydrogens (tertiary/aromatic N) is 1. The molecule has 0 bridgehead atoms. The Morgan fingerprint density at radius 2 is 1.80 bits per heavy atom. The third kappa shape index (κ3) is 3.07. The van der Waals surface area contributed by atoms with Crippen LogP contribution in [-0.2, 0) is 11.2 Å². The van der Waals surface area contributed by atoms with Crippen molar-refractivity contribution in [2.45, 2.75) is 45.1 Å². The number of hydrogen-bond acceptors (Lipinski definition) is 4. The number of ether oxygens (including phenoxy) is 1. The minimum Gasteiger partial charge on any atom is -0.486 e. The van der Waals surface area contributed by atoms with Gasteiger partial charge in [-0.2, -0.15) is 0 Å². The fourth-order valence-electron chi connectivity index (χ4n) is 4.69. The number of rotatable bonds is 1. The van der Waals surface area contributed by atoms with E-state index in [9.17, 15) is 14.4 Å². The number of nitrogens with one attached hydrogen (secondary N) is 1. The van der Waals surface area contributed by atoms with Gasteiger partial charge in [-0.3, -0.25) is 14.4 Å². The van der Waals surface area contributed by atoms with E-state index in [2.05, 4.69) is 5.32 Å². The molecule has 0 radical (unpaired) electrons. The molecule has 154 valence electrons. The van der Waals surface area contributed by atoms with E-state index in [1.165, 1.54) is 0 Å². The number of piperidine rings is 1. The van der Waals surface area contributed by atoms with Crippen LogP contribution in [0.25, 0.3) is 0 Å². The second kappa shape index (κ2) is 6.69. The molecular weight excluding hydrogens is 380 g/mol. The largest absolute Gasteiger partial charge is 0.486 e. The summed E-state index contributed by atoms with van der Waals surface area (Å²) in [6, 6.07) is 9.25. The molecule has 2 aromatic carbocycles. The van der Waals surface area contributed by atoms with Crippen LogP contribution in [0.15, 0.2) is 30.3 Å². The molecule has 3 aliphatic heterocycles. The molecule has 0 saturated carbocycles. The Balaban J connectivity index is 1.31. The van der Waals surface area contributed by atoms with E-state index in [1.807, 2.05) is 36.9 Å².